The van der Waals surface area contributed by atoms with Crippen LogP contribution in [-0.4, -0.2) is 44.1 Å². The van der Waals surface area contributed by atoms with Crippen molar-refractivity contribution in [2.24, 2.45) is 0 Å². The largest absolute Gasteiger partial charge is 0.495 e. The van der Waals surface area contributed by atoms with Crippen molar-refractivity contribution in [2.45, 2.75) is 0 Å². The van der Waals surface area contributed by atoms with Gasteiger partial charge < -0.3 is 14.8 Å². The predicted molar refractivity (Wildman–Crippen MR) is 114 cm³/mol. The van der Waals surface area contributed by atoms with E-state index in [9.17, 15) is 9.59 Å². The van der Waals surface area contributed by atoms with Crippen molar-refractivity contribution < 1.29 is 19.1 Å². The van der Waals surface area contributed by atoms with Crippen LogP contribution in [0.25, 0.3) is 5.57 Å². The van der Waals surface area contributed by atoms with Gasteiger partial charge in [-0.3, -0.25) is 14.5 Å². The molecular formula is C20H17Cl3N2O4. The van der Waals surface area contributed by atoms with E-state index in [0.29, 0.717) is 27.0 Å². The molecule has 1 aliphatic heterocycles. The number of amides is 2. The number of imide groups is 1. The molecule has 1 N–H and O–H groups in total. The maximum atomic E-state index is 13.1. The number of nitrogens with zero attached hydrogens (tertiary/aromatic N) is 1. The predicted octanol–water partition coefficient (Wildman–Crippen LogP) is 4.49. The van der Waals surface area contributed by atoms with E-state index in [4.69, 9.17) is 44.3 Å². The van der Waals surface area contributed by atoms with Crippen LogP contribution in [0.5, 0.6) is 5.75 Å². The number of benzene rings is 2. The average molecular weight is 456 g/mol. The SMILES string of the molecule is COCCN1C(=O)C(Nc2cc(Cl)ccc2OC)=C(c2ccc(Cl)cc2Cl)C1=O. The van der Waals surface area contributed by atoms with Gasteiger partial charge in [-0.15, -0.1) is 0 Å². The second-order valence-corrected chi connectivity index (χ2v) is 7.38. The summed E-state index contributed by atoms with van der Waals surface area (Å²) in [5.41, 5.74) is 1.02. The number of carbonyl (C=O) groups is 2. The molecule has 0 spiro atoms. The van der Waals surface area contributed by atoms with Crippen LogP contribution in [0.3, 0.4) is 0 Å². The molecule has 6 nitrogen and oxygen atoms in total. The number of hydrogen-bond donors (Lipinski definition) is 1. The summed E-state index contributed by atoms with van der Waals surface area (Å²) in [7, 11) is 2.98. The fourth-order valence-electron chi connectivity index (χ4n) is 2.93. The third-order valence-electron chi connectivity index (χ3n) is 4.31. The first kappa shape index (κ1) is 21.5. The van der Waals surface area contributed by atoms with Gasteiger partial charge in [0.05, 0.1) is 36.5 Å². The van der Waals surface area contributed by atoms with E-state index in [0.717, 1.165) is 4.90 Å². The lowest BCUT2D eigenvalue weighted by atomic mass is 10.0. The topological polar surface area (TPSA) is 67.9 Å². The smallest absolute Gasteiger partial charge is 0.278 e. The molecule has 0 radical (unpaired) electrons. The van der Waals surface area contributed by atoms with Crippen LogP contribution in [0.15, 0.2) is 42.1 Å². The summed E-state index contributed by atoms with van der Waals surface area (Å²) in [6, 6.07) is 9.63. The van der Waals surface area contributed by atoms with Crippen molar-refractivity contribution in [3.8, 4) is 5.75 Å². The molecule has 0 aromatic heterocycles. The number of anilines is 1. The molecule has 9 heteroatoms. The van der Waals surface area contributed by atoms with Gasteiger partial charge in [-0.2, -0.15) is 0 Å². The highest BCUT2D eigenvalue weighted by Gasteiger charge is 2.40. The average Bonchev–Trinajstić information content (AvgIpc) is 2.90. The molecule has 0 aliphatic carbocycles. The molecule has 0 fully saturated rings. The lowest BCUT2D eigenvalue weighted by Gasteiger charge is -2.15. The van der Waals surface area contributed by atoms with Crippen LogP contribution in [-0.2, 0) is 14.3 Å². The summed E-state index contributed by atoms with van der Waals surface area (Å²) in [6.45, 7) is 0.299. The lowest BCUT2D eigenvalue weighted by Crippen LogP contribution is -2.35. The Labute approximate surface area is 182 Å². The van der Waals surface area contributed by atoms with Crippen molar-refractivity contribution >= 4 is 57.9 Å². The summed E-state index contributed by atoms with van der Waals surface area (Å²) >= 11 is 18.4. The third kappa shape index (κ3) is 4.36. The van der Waals surface area contributed by atoms with Crippen molar-refractivity contribution in [1.82, 2.24) is 4.90 Å². The Balaban J connectivity index is 2.13. The van der Waals surface area contributed by atoms with Crippen molar-refractivity contribution in [1.29, 1.82) is 0 Å². The molecule has 0 saturated heterocycles. The monoisotopic (exact) mass is 454 g/mol. The Bertz CT molecular complexity index is 1010. The fraction of sp³-hybridized carbons (Fsp3) is 0.200. The summed E-state index contributed by atoms with van der Waals surface area (Å²) in [5, 5.41) is 4.11. The zero-order chi connectivity index (χ0) is 21.1. The molecule has 1 aliphatic rings. The van der Waals surface area contributed by atoms with Gasteiger partial charge in [-0.05, 0) is 30.3 Å². The zero-order valence-corrected chi connectivity index (χ0v) is 17.9. The second-order valence-electron chi connectivity index (χ2n) is 6.10. The minimum atomic E-state index is -0.505. The van der Waals surface area contributed by atoms with E-state index >= 15 is 0 Å². The maximum Gasteiger partial charge on any atom is 0.278 e. The van der Waals surface area contributed by atoms with Crippen molar-refractivity contribution in [3.63, 3.8) is 0 Å². The van der Waals surface area contributed by atoms with Gasteiger partial charge in [0.25, 0.3) is 11.8 Å². The summed E-state index contributed by atoms with van der Waals surface area (Å²) in [5.74, 6) is -0.533. The summed E-state index contributed by atoms with van der Waals surface area (Å²) < 4.78 is 10.3. The zero-order valence-electron chi connectivity index (χ0n) is 15.6. The Morgan fingerprint density at radius 1 is 0.966 bits per heavy atom. The Morgan fingerprint density at radius 2 is 1.66 bits per heavy atom. The Morgan fingerprint density at radius 3 is 2.31 bits per heavy atom. The van der Waals surface area contributed by atoms with Gasteiger partial charge in [0.2, 0.25) is 0 Å². The Kier molecular flexibility index (Phi) is 6.70. The van der Waals surface area contributed by atoms with E-state index in [1.54, 1.807) is 30.3 Å². The van der Waals surface area contributed by atoms with Crippen LogP contribution in [0, 0.1) is 0 Å². The quantitative estimate of drug-likeness (QED) is 0.623. The first-order chi connectivity index (χ1) is 13.9. The molecule has 0 unspecified atom stereocenters. The maximum absolute atomic E-state index is 13.1. The molecule has 2 aromatic rings. The second kappa shape index (κ2) is 9.05. The van der Waals surface area contributed by atoms with E-state index in [-0.39, 0.29) is 29.4 Å². The number of nitrogens with one attached hydrogen (secondary N) is 1. The van der Waals surface area contributed by atoms with E-state index in [1.165, 1.54) is 20.3 Å². The number of halogens is 3. The highest BCUT2D eigenvalue weighted by atomic mass is 35.5. The van der Waals surface area contributed by atoms with Crippen LogP contribution in [0.2, 0.25) is 15.1 Å². The first-order valence-corrected chi connectivity index (χ1v) is 9.66. The van der Waals surface area contributed by atoms with Gasteiger partial charge in [-0.25, -0.2) is 0 Å². The van der Waals surface area contributed by atoms with Crippen molar-refractivity contribution in [2.75, 3.05) is 32.7 Å². The molecule has 29 heavy (non-hydrogen) atoms. The van der Waals surface area contributed by atoms with Gasteiger partial charge in [0.1, 0.15) is 11.4 Å². The number of ether oxygens (including phenoxy) is 2. The summed E-state index contributed by atoms with van der Waals surface area (Å²) in [4.78, 5) is 27.2. The van der Waals surface area contributed by atoms with Crippen LogP contribution < -0.4 is 10.1 Å². The Hall–Kier alpha value is -2.25. The van der Waals surface area contributed by atoms with E-state index < -0.39 is 11.8 Å². The molecule has 2 aromatic carbocycles. The van der Waals surface area contributed by atoms with Crippen LogP contribution in [0.4, 0.5) is 5.69 Å². The number of rotatable bonds is 7. The molecule has 3 rings (SSSR count). The molecule has 0 saturated carbocycles. The highest BCUT2D eigenvalue weighted by molar-refractivity contribution is 6.41. The fourth-order valence-corrected chi connectivity index (χ4v) is 3.61. The van der Waals surface area contributed by atoms with Gasteiger partial charge >= 0.3 is 0 Å². The van der Waals surface area contributed by atoms with Gasteiger partial charge in [0, 0.05) is 22.7 Å². The standard InChI is InChI=1S/C20H17Cl3N2O4/c1-28-8-7-25-19(26)17(13-5-3-11(21)9-14(13)23)18(20(25)27)24-15-10-12(22)4-6-16(15)29-2/h3-6,9-10,24H,7-8H2,1-2H3. The molecule has 2 amide bonds. The first-order valence-electron chi connectivity index (χ1n) is 8.52. The molecule has 0 bridgehead atoms. The lowest BCUT2D eigenvalue weighted by molar-refractivity contribution is -0.137. The normalized spacial score (nSPS) is 14.0. The minimum Gasteiger partial charge on any atom is -0.495 e. The number of carbonyl (C=O) groups excluding carboxylic acids is 2. The molecule has 1 heterocycles. The van der Waals surface area contributed by atoms with E-state index in [2.05, 4.69) is 5.32 Å². The molecule has 0 atom stereocenters. The van der Waals surface area contributed by atoms with Gasteiger partial charge in [0.15, 0.2) is 0 Å². The van der Waals surface area contributed by atoms with Crippen molar-refractivity contribution in [3.05, 3.63) is 62.7 Å². The minimum absolute atomic E-state index is 0.0656. The van der Waals surface area contributed by atoms with E-state index in [1.807, 2.05) is 0 Å². The molecule has 152 valence electrons. The third-order valence-corrected chi connectivity index (χ3v) is 5.09. The molecular weight excluding hydrogens is 439 g/mol. The highest BCUT2D eigenvalue weighted by Crippen LogP contribution is 2.37. The van der Waals surface area contributed by atoms with Gasteiger partial charge in [-0.1, -0.05) is 40.9 Å². The van der Waals surface area contributed by atoms with Crippen LogP contribution >= 0.6 is 34.8 Å². The number of hydrogen-bond acceptors (Lipinski definition) is 5. The van der Waals surface area contributed by atoms with Crippen LogP contribution in [0.1, 0.15) is 5.56 Å². The number of methoxy groups -OCH3 is 2. The summed E-state index contributed by atoms with van der Waals surface area (Å²) in [6.07, 6.45) is 0.